The number of benzene rings is 6. The predicted octanol–water partition coefficient (Wildman–Crippen LogP) is 9.70. The highest BCUT2D eigenvalue weighted by Crippen LogP contribution is 2.51. The quantitative estimate of drug-likeness (QED) is 0.221. The Bertz CT molecular complexity index is 2190. The molecule has 0 aliphatic carbocycles. The molecule has 8 rings (SSSR count). The van der Waals surface area contributed by atoms with Crippen molar-refractivity contribution in [2.24, 2.45) is 0 Å². The van der Waals surface area contributed by atoms with Gasteiger partial charge in [-0.15, -0.1) is 0 Å². The topological polar surface area (TPSA) is 55.8 Å². The van der Waals surface area contributed by atoms with Crippen LogP contribution in [0.2, 0.25) is 0 Å². The molecule has 0 saturated carbocycles. The first kappa shape index (κ1) is 24.7. The van der Waals surface area contributed by atoms with Gasteiger partial charge >= 0.3 is 0 Å². The summed E-state index contributed by atoms with van der Waals surface area (Å²) < 4.78 is 2.27. The number of nitrogens with zero attached hydrogens (tertiary/aromatic N) is 4. The lowest BCUT2D eigenvalue weighted by Crippen LogP contribution is -2.14. The van der Waals surface area contributed by atoms with Crippen molar-refractivity contribution in [1.29, 1.82) is 10.5 Å². The van der Waals surface area contributed by atoms with E-state index < -0.39 is 0 Å². The van der Waals surface area contributed by atoms with Gasteiger partial charge in [-0.05, 0) is 53.1 Å². The molecule has 1 aliphatic rings. The van der Waals surface area contributed by atoms with Gasteiger partial charge in [-0.2, -0.15) is 10.5 Å². The molecule has 0 unspecified atom stereocenters. The molecule has 0 fully saturated rings. The molecule has 0 amide bonds. The van der Waals surface area contributed by atoms with Gasteiger partial charge in [-0.1, -0.05) is 97.1 Å². The number of rotatable bonds is 3. The van der Waals surface area contributed by atoms with Crippen molar-refractivity contribution in [3.05, 3.63) is 150 Å². The summed E-state index contributed by atoms with van der Waals surface area (Å²) in [7, 11) is 0. The van der Waals surface area contributed by atoms with Crippen LogP contribution < -0.4 is 4.90 Å². The lowest BCUT2D eigenvalue weighted by Gasteiger charge is -2.28. The van der Waals surface area contributed by atoms with Crippen LogP contribution in [-0.2, 0) is 6.54 Å². The number of hydrogen-bond acceptors (Lipinski definition) is 3. The average molecular weight is 549 g/mol. The molecular weight excluding hydrogens is 524 g/mol. The zero-order valence-electron chi connectivity index (χ0n) is 23.2. The van der Waals surface area contributed by atoms with Crippen molar-refractivity contribution in [3.63, 3.8) is 0 Å². The summed E-state index contributed by atoms with van der Waals surface area (Å²) in [4.78, 5) is 2.19. The van der Waals surface area contributed by atoms with Gasteiger partial charge in [0.05, 0.1) is 34.3 Å². The van der Waals surface area contributed by atoms with E-state index in [4.69, 9.17) is 0 Å². The van der Waals surface area contributed by atoms with E-state index in [0.29, 0.717) is 17.7 Å². The van der Waals surface area contributed by atoms with E-state index in [-0.39, 0.29) is 0 Å². The van der Waals surface area contributed by atoms with Crippen LogP contribution in [0.3, 0.4) is 0 Å². The van der Waals surface area contributed by atoms with E-state index in [1.807, 2.05) is 18.2 Å². The van der Waals surface area contributed by atoms with E-state index in [2.05, 4.69) is 131 Å². The predicted molar refractivity (Wildman–Crippen MR) is 174 cm³/mol. The molecule has 0 radical (unpaired) electrons. The van der Waals surface area contributed by atoms with Gasteiger partial charge in [0.1, 0.15) is 6.07 Å². The summed E-state index contributed by atoms with van der Waals surface area (Å²) in [6.45, 7) is 0.493. The minimum atomic E-state index is 0.457. The van der Waals surface area contributed by atoms with Crippen LogP contribution in [0.5, 0.6) is 0 Å². The van der Waals surface area contributed by atoms with E-state index in [0.717, 1.165) is 55.9 Å². The average Bonchev–Trinajstić information content (AvgIpc) is 3.32. The van der Waals surface area contributed by atoms with E-state index in [1.165, 1.54) is 10.8 Å². The van der Waals surface area contributed by atoms with Gasteiger partial charge < -0.3 is 9.47 Å². The summed E-state index contributed by atoms with van der Waals surface area (Å²) in [6.07, 6.45) is 0. The van der Waals surface area contributed by atoms with Crippen LogP contribution in [0, 0.1) is 22.7 Å². The fraction of sp³-hybridized carbons (Fsp3) is 0.0256. The molecule has 6 aromatic carbocycles. The van der Waals surface area contributed by atoms with Crippen molar-refractivity contribution in [1.82, 2.24) is 4.57 Å². The molecule has 2 heterocycles. The third-order valence-electron chi connectivity index (χ3n) is 8.51. The fourth-order valence-electron chi connectivity index (χ4n) is 6.62. The third kappa shape index (κ3) is 3.75. The molecule has 0 bridgehead atoms. The number of nitriles is 2. The van der Waals surface area contributed by atoms with Crippen molar-refractivity contribution < 1.29 is 0 Å². The summed E-state index contributed by atoms with van der Waals surface area (Å²) >= 11 is 0. The monoisotopic (exact) mass is 548 g/mol. The van der Waals surface area contributed by atoms with Crippen LogP contribution in [0.25, 0.3) is 44.1 Å². The van der Waals surface area contributed by atoms with Crippen LogP contribution >= 0.6 is 0 Å². The molecular formula is C39H24N4. The molecule has 4 heteroatoms. The second-order valence-corrected chi connectivity index (χ2v) is 10.8. The van der Waals surface area contributed by atoms with Gasteiger partial charge in [0, 0.05) is 39.5 Å². The van der Waals surface area contributed by atoms with Gasteiger partial charge in [0.15, 0.2) is 0 Å². The van der Waals surface area contributed by atoms with Crippen molar-refractivity contribution in [2.75, 3.05) is 4.90 Å². The van der Waals surface area contributed by atoms with E-state index in [1.54, 1.807) is 6.07 Å². The highest BCUT2D eigenvalue weighted by Gasteiger charge is 2.28. The van der Waals surface area contributed by atoms with Gasteiger partial charge in [0.2, 0.25) is 0 Å². The highest BCUT2D eigenvalue weighted by atomic mass is 15.2. The van der Waals surface area contributed by atoms with E-state index in [9.17, 15) is 10.5 Å². The van der Waals surface area contributed by atoms with Crippen molar-refractivity contribution in [2.45, 2.75) is 6.54 Å². The van der Waals surface area contributed by atoms with Crippen LogP contribution in [0.1, 0.15) is 16.7 Å². The maximum Gasteiger partial charge on any atom is 0.101 e. The second-order valence-electron chi connectivity index (χ2n) is 10.8. The lowest BCUT2D eigenvalue weighted by atomic mass is 9.95. The Morgan fingerprint density at radius 3 is 1.47 bits per heavy atom. The fourth-order valence-corrected chi connectivity index (χ4v) is 6.62. The number of fused-ring (bicyclic) bond motifs is 8. The summed E-state index contributed by atoms with van der Waals surface area (Å²) in [5.74, 6) is 0. The molecule has 0 spiro atoms. The molecule has 200 valence electrons. The Kier molecular flexibility index (Phi) is 5.61. The van der Waals surface area contributed by atoms with Crippen LogP contribution in [0.15, 0.2) is 133 Å². The van der Waals surface area contributed by atoms with Crippen LogP contribution in [-0.4, -0.2) is 4.57 Å². The van der Waals surface area contributed by atoms with Gasteiger partial charge in [-0.3, -0.25) is 0 Å². The first-order valence-electron chi connectivity index (χ1n) is 14.3. The number of hydrogen-bond donors (Lipinski definition) is 0. The first-order valence-corrected chi connectivity index (χ1v) is 14.3. The van der Waals surface area contributed by atoms with E-state index >= 15 is 0 Å². The molecule has 0 saturated heterocycles. The molecule has 0 atom stereocenters. The molecule has 0 N–H and O–H groups in total. The van der Waals surface area contributed by atoms with Gasteiger partial charge in [-0.25, -0.2) is 0 Å². The number of aromatic nitrogens is 1. The number of para-hydroxylation sites is 4. The smallest absolute Gasteiger partial charge is 0.101 e. The molecule has 1 aliphatic heterocycles. The van der Waals surface area contributed by atoms with Gasteiger partial charge in [0.25, 0.3) is 0 Å². The van der Waals surface area contributed by atoms with Crippen molar-refractivity contribution >= 4 is 38.9 Å². The lowest BCUT2D eigenvalue weighted by molar-refractivity contribution is 0.865. The van der Waals surface area contributed by atoms with Crippen LogP contribution in [0.4, 0.5) is 17.1 Å². The maximum absolute atomic E-state index is 10.4. The first-order chi connectivity index (χ1) is 21.3. The standard InChI is InChI=1S/C39H24N4/c40-23-26-21-27(24-41)39(22-28(26)25-42-35-17-7-3-15-33(35)34-16-4-8-18-36(34)42)43-37-19-9-5-13-31(37)29-11-1-2-12-30(29)32-14-6-10-20-38(32)43/h1-22H,25H2. The Hall–Kier alpha value is -6.10. The Morgan fingerprint density at radius 2 is 0.930 bits per heavy atom. The molecule has 43 heavy (non-hydrogen) atoms. The summed E-state index contributed by atoms with van der Waals surface area (Å²) in [6, 6.07) is 50.5. The zero-order valence-corrected chi connectivity index (χ0v) is 23.2. The largest absolute Gasteiger partial charge is 0.336 e. The van der Waals surface area contributed by atoms with Crippen molar-refractivity contribution in [3.8, 4) is 34.4 Å². The molecule has 4 nitrogen and oxygen atoms in total. The Labute approximate surface area is 249 Å². The summed E-state index contributed by atoms with van der Waals surface area (Å²) in [5.41, 5.74) is 11.2. The maximum atomic E-state index is 10.4. The zero-order chi connectivity index (χ0) is 28.9. The molecule has 1 aromatic heterocycles. The third-order valence-corrected chi connectivity index (χ3v) is 8.51. The molecule has 7 aromatic rings. The normalized spacial score (nSPS) is 11.7. The Morgan fingerprint density at radius 1 is 0.465 bits per heavy atom. The number of anilines is 3. The minimum Gasteiger partial charge on any atom is -0.336 e. The SMILES string of the molecule is N#Cc1cc(C#N)c(N2c3ccccc3-c3ccccc3-c3ccccc32)cc1Cn1c2ccccc2c2ccccc21. The summed E-state index contributed by atoms with van der Waals surface area (Å²) in [5, 5.41) is 23.1. The Balaban J connectivity index is 1.40. The highest BCUT2D eigenvalue weighted by molar-refractivity contribution is 6.08. The minimum absolute atomic E-state index is 0.457. The second kappa shape index (κ2) is 9.77.